The fourth-order valence-electron chi connectivity index (χ4n) is 1.87. The Bertz CT molecular complexity index is 612. The molecule has 0 fully saturated rings. The van der Waals surface area contributed by atoms with Crippen molar-refractivity contribution in [2.75, 3.05) is 0 Å². The van der Waals surface area contributed by atoms with Crippen LogP contribution in [0, 0.1) is 5.82 Å². The molecule has 1 nitrogen and oxygen atoms in total. The second-order valence-corrected chi connectivity index (χ2v) is 6.76. The largest absolute Gasteiger partial charge is 0.298 e. The lowest BCUT2D eigenvalue weighted by Crippen LogP contribution is -2.10. The molecular weight excluding hydrogens is 271 g/mol. The van der Waals surface area contributed by atoms with E-state index in [1.165, 1.54) is 23.4 Å². The van der Waals surface area contributed by atoms with Gasteiger partial charge < -0.3 is 0 Å². The van der Waals surface area contributed by atoms with Gasteiger partial charge in [0.05, 0.1) is 5.56 Å². The normalized spacial score (nSPS) is 11.4. The molecule has 0 heterocycles. The number of hydrogen-bond acceptors (Lipinski definition) is 2. The Morgan fingerprint density at radius 1 is 1.05 bits per heavy atom. The fraction of sp³-hybridized carbons (Fsp3) is 0.235. The second kappa shape index (κ2) is 5.80. The van der Waals surface area contributed by atoms with Crippen molar-refractivity contribution in [3.8, 4) is 0 Å². The number of benzene rings is 2. The molecule has 0 aliphatic rings. The maximum atomic E-state index is 13.5. The lowest BCUT2D eigenvalue weighted by molar-refractivity contribution is 0.111. The van der Waals surface area contributed by atoms with Gasteiger partial charge in [0.15, 0.2) is 6.29 Å². The minimum Gasteiger partial charge on any atom is -0.298 e. The van der Waals surface area contributed by atoms with E-state index < -0.39 is 5.82 Å². The van der Waals surface area contributed by atoms with E-state index in [1.807, 2.05) is 12.1 Å². The van der Waals surface area contributed by atoms with Crippen molar-refractivity contribution >= 4 is 18.0 Å². The molecule has 0 saturated heterocycles. The van der Waals surface area contributed by atoms with Gasteiger partial charge in [0.2, 0.25) is 0 Å². The third-order valence-corrected chi connectivity index (χ3v) is 4.16. The molecule has 0 N–H and O–H groups in total. The molecule has 0 aliphatic carbocycles. The summed E-state index contributed by atoms with van der Waals surface area (Å²) in [6.45, 7) is 6.48. The van der Waals surface area contributed by atoms with Crippen LogP contribution in [0.15, 0.2) is 52.3 Å². The van der Waals surface area contributed by atoms with E-state index in [0.29, 0.717) is 11.2 Å². The Hall–Kier alpha value is -1.61. The van der Waals surface area contributed by atoms with Gasteiger partial charge in [-0.1, -0.05) is 50.7 Å². The van der Waals surface area contributed by atoms with E-state index in [2.05, 4.69) is 32.9 Å². The molecule has 0 saturated carbocycles. The first-order chi connectivity index (χ1) is 9.41. The standard InChI is InChI=1S/C17H17FOS/c1-17(2,3)12-7-9-13(10-8-12)20-16-6-4-5-15(18)14(16)11-19/h4-11H,1-3H3. The average molecular weight is 288 g/mol. The molecule has 0 aliphatic heterocycles. The molecule has 0 aromatic heterocycles. The summed E-state index contributed by atoms with van der Waals surface area (Å²) in [5.41, 5.74) is 1.48. The molecule has 0 atom stereocenters. The molecule has 0 bridgehead atoms. The van der Waals surface area contributed by atoms with Crippen LogP contribution in [0.25, 0.3) is 0 Å². The Morgan fingerprint density at radius 2 is 1.70 bits per heavy atom. The number of carbonyl (C=O) groups excluding carboxylic acids is 1. The zero-order valence-electron chi connectivity index (χ0n) is 11.8. The van der Waals surface area contributed by atoms with E-state index in [1.54, 1.807) is 12.1 Å². The van der Waals surface area contributed by atoms with Gasteiger partial charge in [-0.25, -0.2) is 4.39 Å². The summed E-state index contributed by atoms with van der Waals surface area (Å²) in [5.74, 6) is -0.476. The molecule has 2 aromatic rings. The van der Waals surface area contributed by atoms with Crippen LogP contribution in [0.1, 0.15) is 36.7 Å². The van der Waals surface area contributed by atoms with Crippen molar-refractivity contribution in [3.63, 3.8) is 0 Å². The van der Waals surface area contributed by atoms with Crippen LogP contribution in [0.3, 0.4) is 0 Å². The minimum absolute atomic E-state index is 0.107. The lowest BCUT2D eigenvalue weighted by Gasteiger charge is -2.19. The first kappa shape index (κ1) is 14.8. The van der Waals surface area contributed by atoms with Crippen LogP contribution in [0.5, 0.6) is 0 Å². The van der Waals surface area contributed by atoms with E-state index >= 15 is 0 Å². The Kier molecular flexibility index (Phi) is 4.29. The Balaban J connectivity index is 2.27. The van der Waals surface area contributed by atoms with Gasteiger partial charge in [0, 0.05) is 9.79 Å². The van der Waals surface area contributed by atoms with Gasteiger partial charge in [-0.15, -0.1) is 0 Å². The molecule has 0 unspecified atom stereocenters. The highest BCUT2D eigenvalue weighted by Gasteiger charge is 2.13. The molecule has 2 rings (SSSR count). The molecule has 2 aromatic carbocycles. The van der Waals surface area contributed by atoms with Crippen LogP contribution >= 0.6 is 11.8 Å². The molecule has 3 heteroatoms. The summed E-state index contributed by atoms with van der Waals surface area (Å²) in [5, 5.41) is 0. The Morgan fingerprint density at radius 3 is 2.25 bits per heavy atom. The number of aldehydes is 1. The SMILES string of the molecule is CC(C)(C)c1ccc(Sc2cccc(F)c2C=O)cc1. The van der Waals surface area contributed by atoms with Crippen molar-refractivity contribution in [3.05, 3.63) is 59.4 Å². The summed E-state index contributed by atoms with van der Waals surface area (Å²) in [7, 11) is 0. The summed E-state index contributed by atoms with van der Waals surface area (Å²) < 4.78 is 13.5. The monoisotopic (exact) mass is 288 g/mol. The summed E-state index contributed by atoms with van der Waals surface area (Å²) >= 11 is 1.40. The van der Waals surface area contributed by atoms with Crippen molar-refractivity contribution in [1.82, 2.24) is 0 Å². The molecule has 104 valence electrons. The second-order valence-electron chi connectivity index (χ2n) is 5.65. The van der Waals surface area contributed by atoms with Crippen LogP contribution < -0.4 is 0 Å². The van der Waals surface area contributed by atoms with Gasteiger partial charge in [-0.2, -0.15) is 0 Å². The lowest BCUT2D eigenvalue weighted by atomic mass is 9.87. The maximum absolute atomic E-state index is 13.5. The highest BCUT2D eigenvalue weighted by Crippen LogP contribution is 2.32. The maximum Gasteiger partial charge on any atom is 0.154 e. The predicted molar refractivity (Wildman–Crippen MR) is 81.1 cm³/mol. The molecular formula is C17H17FOS. The Labute approximate surface area is 123 Å². The van der Waals surface area contributed by atoms with Gasteiger partial charge in [0.25, 0.3) is 0 Å². The highest BCUT2D eigenvalue weighted by molar-refractivity contribution is 7.99. The highest BCUT2D eigenvalue weighted by atomic mass is 32.2. The zero-order valence-corrected chi connectivity index (χ0v) is 12.6. The van der Waals surface area contributed by atoms with Crippen molar-refractivity contribution < 1.29 is 9.18 Å². The van der Waals surface area contributed by atoms with Crippen LogP contribution in [-0.4, -0.2) is 6.29 Å². The number of halogens is 1. The summed E-state index contributed by atoms with van der Waals surface area (Å²) in [6.07, 6.45) is 0.571. The van der Waals surface area contributed by atoms with E-state index in [4.69, 9.17) is 0 Å². The first-order valence-corrected chi connectivity index (χ1v) is 7.25. The van der Waals surface area contributed by atoms with Gasteiger partial charge in [0.1, 0.15) is 5.82 Å². The fourth-order valence-corrected chi connectivity index (χ4v) is 2.80. The minimum atomic E-state index is -0.476. The number of carbonyl (C=O) groups is 1. The van der Waals surface area contributed by atoms with Gasteiger partial charge in [-0.3, -0.25) is 4.79 Å². The summed E-state index contributed by atoms with van der Waals surface area (Å²) in [6, 6.07) is 12.8. The first-order valence-electron chi connectivity index (χ1n) is 6.44. The van der Waals surface area contributed by atoms with Crippen molar-refractivity contribution in [2.45, 2.75) is 36.0 Å². The van der Waals surface area contributed by atoms with Crippen molar-refractivity contribution in [1.29, 1.82) is 0 Å². The van der Waals surface area contributed by atoms with Crippen LogP contribution in [0.2, 0.25) is 0 Å². The number of rotatable bonds is 3. The quantitative estimate of drug-likeness (QED) is 0.732. The van der Waals surface area contributed by atoms with E-state index in [-0.39, 0.29) is 11.0 Å². The van der Waals surface area contributed by atoms with Crippen LogP contribution in [-0.2, 0) is 5.41 Å². The number of hydrogen-bond donors (Lipinski definition) is 0. The van der Waals surface area contributed by atoms with Crippen molar-refractivity contribution in [2.24, 2.45) is 0 Å². The smallest absolute Gasteiger partial charge is 0.154 e. The topological polar surface area (TPSA) is 17.1 Å². The third-order valence-electron chi connectivity index (χ3n) is 3.08. The van der Waals surface area contributed by atoms with Gasteiger partial charge >= 0.3 is 0 Å². The molecule has 0 amide bonds. The summed E-state index contributed by atoms with van der Waals surface area (Å²) in [4.78, 5) is 12.6. The molecule has 0 radical (unpaired) electrons. The van der Waals surface area contributed by atoms with Crippen LogP contribution in [0.4, 0.5) is 4.39 Å². The van der Waals surface area contributed by atoms with Gasteiger partial charge in [-0.05, 0) is 35.2 Å². The molecule has 0 spiro atoms. The van der Waals surface area contributed by atoms with E-state index in [9.17, 15) is 9.18 Å². The average Bonchev–Trinajstić information content (AvgIpc) is 2.38. The third kappa shape index (κ3) is 3.28. The van der Waals surface area contributed by atoms with E-state index in [0.717, 1.165) is 4.90 Å². The molecule has 20 heavy (non-hydrogen) atoms. The predicted octanol–water partition coefficient (Wildman–Crippen LogP) is 5.09. The zero-order chi connectivity index (χ0) is 14.8.